The van der Waals surface area contributed by atoms with Gasteiger partial charge in [-0.3, -0.25) is 0 Å². The maximum Gasteiger partial charge on any atom is 0.148 e. The van der Waals surface area contributed by atoms with Crippen LogP contribution in [0.1, 0.15) is 30.9 Å². The lowest BCUT2D eigenvalue weighted by atomic mass is 10.1. The molecule has 0 unspecified atom stereocenters. The Morgan fingerprint density at radius 3 is 2.47 bits per heavy atom. The molecule has 3 nitrogen and oxygen atoms in total. The maximum atomic E-state index is 5.74. The highest BCUT2D eigenvalue weighted by Gasteiger charge is 2.02. The van der Waals surface area contributed by atoms with Crippen molar-refractivity contribution in [2.24, 2.45) is 0 Å². The number of nitrogens with zero attached hydrogens (tertiary/aromatic N) is 2. The van der Waals surface area contributed by atoms with Crippen LogP contribution in [0.25, 0.3) is 5.69 Å². The summed E-state index contributed by atoms with van der Waals surface area (Å²) in [7, 11) is 0. The van der Waals surface area contributed by atoms with Crippen molar-refractivity contribution in [2.75, 3.05) is 5.73 Å². The first-order valence-corrected chi connectivity index (χ1v) is 6.11. The number of anilines is 1. The van der Waals surface area contributed by atoms with Gasteiger partial charge in [-0.15, -0.1) is 0 Å². The zero-order valence-corrected chi connectivity index (χ0v) is 10.5. The Kier molecular flexibility index (Phi) is 3.47. The molecule has 1 heterocycles. The molecule has 17 heavy (non-hydrogen) atoms. The van der Waals surface area contributed by atoms with Crippen molar-refractivity contribution in [3.63, 3.8) is 0 Å². The third kappa shape index (κ3) is 2.67. The minimum atomic E-state index is 0.597. The van der Waals surface area contributed by atoms with Gasteiger partial charge in [0.15, 0.2) is 0 Å². The van der Waals surface area contributed by atoms with E-state index in [0.717, 1.165) is 17.7 Å². The third-order valence-electron chi connectivity index (χ3n) is 2.96. The summed E-state index contributed by atoms with van der Waals surface area (Å²) in [5, 5.41) is 4.27. The van der Waals surface area contributed by atoms with E-state index >= 15 is 0 Å². The van der Waals surface area contributed by atoms with Crippen molar-refractivity contribution >= 4 is 5.82 Å². The van der Waals surface area contributed by atoms with Gasteiger partial charge in [-0.1, -0.05) is 25.5 Å². The van der Waals surface area contributed by atoms with Crippen molar-refractivity contribution in [3.05, 3.63) is 41.6 Å². The molecule has 0 fully saturated rings. The minimum Gasteiger partial charge on any atom is -0.382 e. The van der Waals surface area contributed by atoms with Gasteiger partial charge in [-0.25, -0.2) is 4.68 Å². The topological polar surface area (TPSA) is 43.8 Å². The van der Waals surface area contributed by atoms with Gasteiger partial charge in [-0.2, -0.15) is 5.10 Å². The number of nitrogen functional groups attached to an aromatic ring is 1. The summed E-state index contributed by atoms with van der Waals surface area (Å²) in [5.41, 5.74) is 9.20. The Labute approximate surface area is 102 Å². The normalized spacial score (nSPS) is 10.7. The molecule has 0 saturated heterocycles. The quantitative estimate of drug-likeness (QED) is 0.875. The van der Waals surface area contributed by atoms with Crippen LogP contribution in [0.5, 0.6) is 0 Å². The zero-order valence-electron chi connectivity index (χ0n) is 10.5. The number of hydrogen-bond donors (Lipinski definition) is 1. The number of hydrogen-bond acceptors (Lipinski definition) is 2. The molecule has 3 heteroatoms. The van der Waals surface area contributed by atoms with Gasteiger partial charge >= 0.3 is 0 Å². The van der Waals surface area contributed by atoms with Gasteiger partial charge in [0.05, 0.1) is 5.69 Å². The Bertz CT molecular complexity index is 463. The summed E-state index contributed by atoms with van der Waals surface area (Å²) in [6.45, 7) is 4.18. The second kappa shape index (κ2) is 5.04. The van der Waals surface area contributed by atoms with Crippen LogP contribution >= 0.6 is 0 Å². The van der Waals surface area contributed by atoms with Crippen molar-refractivity contribution in [3.8, 4) is 5.69 Å². The van der Waals surface area contributed by atoms with Crippen LogP contribution in [0, 0.1) is 6.92 Å². The standard InChI is InChI=1S/C14H19N3/c1-3-4-5-12-6-8-13(9-7-12)17-10-11(2)14(15)16-17/h6-10H,3-5H2,1-2H3,(H2,15,16). The largest absolute Gasteiger partial charge is 0.382 e. The highest BCUT2D eigenvalue weighted by Crippen LogP contribution is 2.14. The summed E-state index contributed by atoms with van der Waals surface area (Å²) in [6, 6.07) is 8.52. The fraction of sp³-hybridized carbons (Fsp3) is 0.357. The number of aromatic nitrogens is 2. The van der Waals surface area contributed by atoms with Crippen molar-refractivity contribution in [1.29, 1.82) is 0 Å². The second-order valence-electron chi connectivity index (χ2n) is 4.41. The smallest absolute Gasteiger partial charge is 0.148 e. The van der Waals surface area contributed by atoms with Crippen molar-refractivity contribution < 1.29 is 0 Å². The van der Waals surface area contributed by atoms with Crippen molar-refractivity contribution in [2.45, 2.75) is 33.1 Å². The molecule has 2 aromatic rings. The molecule has 0 spiro atoms. The lowest BCUT2D eigenvalue weighted by molar-refractivity contribution is 0.794. The lowest BCUT2D eigenvalue weighted by Crippen LogP contribution is -1.96. The van der Waals surface area contributed by atoms with Gasteiger partial charge in [0.25, 0.3) is 0 Å². The van der Waals surface area contributed by atoms with E-state index in [9.17, 15) is 0 Å². The molecule has 1 aromatic heterocycles. The molecule has 0 radical (unpaired) electrons. The van der Waals surface area contributed by atoms with Crippen LogP contribution in [0.2, 0.25) is 0 Å². The summed E-state index contributed by atoms with van der Waals surface area (Å²) in [5.74, 6) is 0.597. The van der Waals surface area contributed by atoms with E-state index in [1.807, 2.05) is 17.8 Å². The van der Waals surface area contributed by atoms with E-state index in [1.165, 1.54) is 18.4 Å². The van der Waals surface area contributed by atoms with Gasteiger partial charge < -0.3 is 5.73 Å². The fourth-order valence-electron chi connectivity index (χ4n) is 1.80. The average molecular weight is 229 g/mol. The lowest BCUT2D eigenvalue weighted by Gasteiger charge is -2.03. The van der Waals surface area contributed by atoms with Gasteiger partial charge in [0.2, 0.25) is 0 Å². The molecule has 1 aromatic carbocycles. The van der Waals surface area contributed by atoms with E-state index < -0.39 is 0 Å². The Hall–Kier alpha value is -1.77. The maximum absolute atomic E-state index is 5.74. The molecular weight excluding hydrogens is 210 g/mol. The molecular formula is C14H19N3. The van der Waals surface area contributed by atoms with E-state index in [4.69, 9.17) is 5.73 Å². The van der Waals surface area contributed by atoms with Gasteiger partial charge in [0, 0.05) is 11.8 Å². The Morgan fingerprint density at radius 2 is 1.94 bits per heavy atom. The summed E-state index contributed by atoms with van der Waals surface area (Å²) >= 11 is 0. The molecule has 0 aliphatic rings. The predicted molar refractivity (Wildman–Crippen MR) is 71.3 cm³/mol. The second-order valence-corrected chi connectivity index (χ2v) is 4.41. The molecule has 0 aliphatic heterocycles. The minimum absolute atomic E-state index is 0.597. The van der Waals surface area contributed by atoms with E-state index in [1.54, 1.807) is 0 Å². The highest BCUT2D eigenvalue weighted by atomic mass is 15.3. The molecule has 2 rings (SSSR count). The summed E-state index contributed by atoms with van der Waals surface area (Å²) < 4.78 is 1.83. The summed E-state index contributed by atoms with van der Waals surface area (Å²) in [6.07, 6.45) is 5.58. The molecule has 0 atom stereocenters. The number of unbranched alkanes of at least 4 members (excludes halogenated alkanes) is 1. The molecule has 0 bridgehead atoms. The SMILES string of the molecule is CCCCc1ccc(-n2cc(C)c(N)n2)cc1. The highest BCUT2D eigenvalue weighted by molar-refractivity contribution is 5.41. The third-order valence-corrected chi connectivity index (χ3v) is 2.96. The van der Waals surface area contributed by atoms with Crippen LogP contribution in [-0.2, 0) is 6.42 Å². The van der Waals surface area contributed by atoms with E-state index in [-0.39, 0.29) is 0 Å². The van der Waals surface area contributed by atoms with Crippen LogP contribution in [0.15, 0.2) is 30.5 Å². The molecule has 0 aliphatic carbocycles. The van der Waals surface area contributed by atoms with Crippen LogP contribution in [0.3, 0.4) is 0 Å². The molecule has 90 valence electrons. The van der Waals surface area contributed by atoms with Crippen molar-refractivity contribution in [1.82, 2.24) is 9.78 Å². The van der Waals surface area contributed by atoms with Crippen LogP contribution in [0.4, 0.5) is 5.82 Å². The monoisotopic (exact) mass is 229 g/mol. The number of nitrogens with two attached hydrogens (primary N) is 1. The number of benzene rings is 1. The Morgan fingerprint density at radius 1 is 1.24 bits per heavy atom. The van der Waals surface area contributed by atoms with Crippen LogP contribution in [-0.4, -0.2) is 9.78 Å². The molecule has 2 N–H and O–H groups in total. The molecule has 0 amide bonds. The first-order chi connectivity index (χ1) is 8.20. The van der Waals surface area contributed by atoms with Gasteiger partial charge in [-0.05, 0) is 37.5 Å². The number of rotatable bonds is 4. The van der Waals surface area contributed by atoms with E-state index in [0.29, 0.717) is 5.82 Å². The van der Waals surface area contributed by atoms with E-state index in [2.05, 4.69) is 36.3 Å². The Balaban J connectivity index is 2.17. The first-order valence-electron chi connectivity index (χ1n) is 6.11. The molecule has 0 saturated carbocycles. The predicted octanol–water partition coefficient (Wildman–Crippen LogP) is 3.11. The zero-order chi connectivity index (χ0) is 12.3. The first kappa shape index (κ1) is 11.7. The van der Waals surface area contributed by atoms with Crippen LogP contribution < -0.4 is 5.73 Å². The summed E-state index contributed by atoms with van der Waals surface area (Å²) in [4.78, 5) is 0. The number of aryl methyl sites for hydroxylation is 2. The fourth-order valence-corrected chi connectivity index (χ4v) is 1.80. The average Bonchev–Trinajstić information content (AvgIpc) is 2.68. The van der Waals surface area contributed by atoms with Gasteiger partial charge in [0.1, 0.15) is 5.82 Å².